The van der Waals surface area contributed by atoms with Gasteiger partial charge in [0, 0.05) is 17.8 Å². The van der Waals surface area contributed by atoms with Crippen LogP contribution in [0, 0.1) is 0 Å². The molecule has 0 aliphatic heterocycles. The highest BCUT2D eigenvalue weighted by Gasteiger charge is 2.10. The summed E-state index contributed by atoms with van der Waals surface area (Å²) in [6.07, 6.45) is 1.72. The monoisotopic (exact) mass is 271 g/mol. The second-order valence-electron chi connectivity index (χ2n) is 4.29. The maximum Gasteiger partial charge on any atom is 0.212 e. The van der Waals surface area contributed by atoms with Gasteiger partial charge in [0.2, 0.25) is 5.88 Å². The second kappa shape index (κ2) is 6.19. The molecule has 1 aromatic carbocycles. The molecule has 4 nitrogen and oxygen atoms in total. The van der Waals surface area contributed by atoms with Gasteiger partial charge in [0.05, 0.1) is 19.3 Å². The smallest absolute Gasteiger partial charge is 0.212 e. The van der Waals surface area contributed by atoms with Crippen molar-refractivity contribution in [3.05, 3.63) is 42.1 Å². The summed E-state index contributed by atoms with van der Waals surface area (Å²) in [4.78, 5) is 15.9. The molecule has 0 amide bonds. The van der Waals surface area contributed by atoms with Gasteiger partial charge >= 0.3 is 0 Å². The van der Waals surface area contributed by atoms with Crippen molar-refractivity contribution < 1.29 is 14.3 Å². The molecule has 0 saturated heterocycles. The Morgan fingerprint density at radius 3 is 2.50 bits per heavy atom. The minimum absolute atomic E-state index is 0.0169. The van der Waals surface area contributed by atoms with E-state index in [2.05, 4.69) is 4.98 Å². The van der Waals surface area contributed by atoms with Gasteiger partial charge in [0.25, 0.3) is 0 Å². The Bertz CT molecular complexity index is 606. The Labute approximate surface area is 118 Å². The predicted molar refractivity (Wildman–Crippen MR) is 77.4 cm³/mol. The Balaban J connectivity index is 2.41. The lowest BCUT2D eigenvalue weighted by Crippen LogP contribution is -2.01. The standard InChI is InChI=1S/C16H17NO3/c1-4-20-15-7-5-12(9-14(15)11(2)18)13-6-8-16(19-3)17-10-13/h5-10H,4H2,1-3H3. The summed E-state index contributed by atoms with van der Waals surface area (Å²) in [6.45, 7) is 3.96. The molecule has 0 unspecified atom stereocenters. The number of pyridine rings is 1. The first-order chi connectivity index (χ1) is 9.65. The van der Waals surface area contributed by atoms with Crippen LogP contribution in [0.2, 0.25) is 0 Å². The first-order valence-corrected chi connectivity index (χ1v) is 6.44. The van der Waals surface area contributed by atoms with Crippen LogP contribution in [0.5, 0.6) is 11.6 Å². The molecular weight excluding hydrogens is 254 g/mol. The lowest BCUT2D eigenvalue weighted by atomic mass is 10.0. The molecule has 0 atom stereocenters. The predicted octanol–water partition coefficient (Wildman–Crippen LogP) is 3.36. The quantitative estimate of drug-likeness (QED) is 0.782. The Morgan fingerprint density at radius 2 is 1.95 bits per heavy atom. The van der Waals surface area contributed by atoms with Crippen LogP contribution in [0.4, 0.5) is 0 Å². The number of carbonyl (C=O) groups excluding carboxylic acids is 1. The number of nitrogens with zero attached hydrogens (tertiary/aromatic N) is 1. The molecule has 1 heterocycles. The number of ketones is 1. The third-order valence-corrected chi connectivity index (χ3v) is 2.94. The third-order valence-electron chi connectivity index (χ3n) is 2.94. The van der Waals surface area contributed by atoms with Crippen LogP contribution in [-0.2, 0) is 0 Å². The summed E-state index contributed by atoms with van der Waals surface area (Å²) in [5.41, 5.74) is 2.44. The van der Waals surface area contributed by atoms with E-state index in [1.807, 2.05) is 31.2 Å². The molecule has 104 valence electrons. The van der Waals surface area contributed by atoms with Crippen molar-refractivity contribution in [3.8, 4) is 22.8 Å². The molecule has 0 radical (unpaired) electrons. The number of carbonyl (C=O) groups is 1. The number of benzene rings is 1. The van der Waals surface area contributed by atoms with E-state index < -0.39 is 0 Å². The van der Waals surface area contributed by atoms with Crippen molar-refractivity contribution in [2.45, 2.75) is 13.8 Å². The zero-order chi connectivity index (χ0) is 14.5. The van der Waals surface area contributed by atoms with E-state index in [1.165, 1.54) is 6.92 Å². The highest BCUT2D eigenvalue weighted by Crippen LogP contribution is 2.27. The van der Waals surface area contributed by atoms with Gasteiger partial charge in [-0.3, -0.25) is 4.79 Å². The van der Waals surface area contributed by atoms with Crippen LogP contribution in [-0.4, -0.2) is 24.5 Å². The van der Waals surface area contributed by atoms with Gasteiger partial charge in [-0.2, -0.15) is 0 Å². The van der Waals surface area contributed by atoms with Crippen LogP contribution in [0.15, 0.2) is 36.5 Å². The van der Waals surface area contributed by atoms with Crippen LogP contribution in [0.1, 0.15) is 24.2 Å². The largest absolute Gasteiger partial charge is 0.493 e. The van der Waals surface area contributed by atoms with Crippen molar-refractivity contribution in [2.24, 2.45) is 0 Å². The lowest BCUT2D eigenvalue weighted by molar-refractivity contribution is 0.101. The Hall–Kier alpha value is -2.36. The molecule has 0 bridgehead atoms. The van der Waals surface area contributed by atoms with Crippen LogP contribution in [0.25, 0.3) is 11.1 Å². The van der Waals surface area contributed by atoms with E-state index in [0.717, 1.165) is 11.1 Å². The van der Waals surface area contributed by atoms with E-state index in [9.17, 15) is 4.79 Å². The van der Waals surface area contributed by atoms with Gasteiger partial charge in [-0.1, -0.05) is 6.07 Å². The molecule has 1 aromatic heterocycles. The molecule has 0 fully saturated rings. The van der Waals surface area contributed by atoms with Gasteiger partial charge in [-0.15, -0.1) is 0 Å². The molecule has 0 aliphatic carbocycles. The minimum Gasteiger partial charge on any atom is -0.493 e. The Kier molecular flexibility index (Phi) is 4.35. The molecule has 20 heavy (non-hydrogen) atoms. The summed E-state index contributed by atoms with van der Waals surface area (Å²) >= 11 is 0. The summed E-state index contributed by atoms with van der Waals surface area (Å²) in [7, 11) is 1.58. The van der Waals surface area contributed by atoms with Crippen LogP contribution >= 0.6 is 0 Å². The molecule has 2 rings (SSSR count). The number of Topliss-reactive ketones (excluding diaryl/α,β-unsaturated/α-hetero) is 1. The Morgan fingerprint density at radius 1 is 1.20 bits per heavy atom. The molecule has 4 heteroatoms. The van der Waals surface area contributed by atoms with Crippen molar-refractivity contribution in [1.29, 1.82) is 0 Å². The highest BCUT2D eigenvalue weighted by atomic mass is 16.5. The maximum atomic E-state index is 11.7. The van der Waals surface area contributed by atoms with Crippen LogP contribution < -0.4 is 9.47 Å². The highest BCUT2D eigenvalue weighted by molar-refractivity contribution is 5.98. The average Bonchev–Trinajstić information content (AvgIpc) is 2.48. The topological polar surface area (TPSA) is 48.4 Å². The van der Waals surface area contributed by atoms with E-state index in [4.69, 9.17) is 9.47 Å². The number of hydrogen-bond acceptors (Lipinski definition) is 4. The van der Waals surface area contributed by atoms with Crippen molar-refractivity contribution in [3.63, 3.8) is 0 Å². The van der Waals surface area contributed by atoms with Gasteiger partial charge in [-0.05, 0) is 37.6 Å². The fourth-order valence-electron chi connectivity index (χ4n) is 1.94. The van der Waals surface area contributed by atoms with E-state index in [-0.39, 0.29) is 5.78 Å². The van der Waals surface area contributed by atoms with Gasteiger partial charge < -0.3 is 9.47 Å². The average molecular weight is 271 g/mol. The second-order valence-corrected chi connectivity index (χ2v) is 4.29. The van der Waals surface area contributed by atoms with E-state index in [1.54, 1.807) is 19.4 Å². The summed E-state index contributed by atoms with van der Waals surface area (Å²) < 4.78 is 10.5. The number of rotatable bonds is 5. The van der Waals surface area contributed by atoms with E-state index in [0.29, 0.717) is 23.8 Å². The zero-order valence-corrected chi connectivity index (χ0v) is 11.8. The molecule has 0 aliphatic rings. The molecule has 2 aromatic rings. The van der Waals surface area contributed by atoms with Crippen molar-refractivity contribution in [1.82, 2.24) is 4.98 Å². The van der Waals surface area contributed by atoms with Crippen molar-refractivity contribution >= 4 is 5.78 Å². The summed E-state index contributed by atoms with van der Waals surface area (Å²) in [5.74, 6) is 1.16. The molecule has 0 saturated carbocycles. The number of ether oxygens (including phenoxy) is 2. The number of aromatic nitrogens is 1. The third kappa shape index (κ3) is 2.96. The lowest BCUT2D eigenvalue weighted by Gasteiger charge is -2.10. The van der Waals surface area contributed by atoms with Crippen LogP contribution in [0.3, 0.4) is 0 Å². The molecular formula is C16H17NO3. The van der Waals surface area contributed by atoms with Crippen molar-refractivity contribution in [2.75, 3.05) is 13.7 Å². The molecule has 0 N–H and O–H groups in total. The molecule has 0 spiro atoms. The summed E-state index contributed by atoms with van der Waals surface area (Å²) in [6, 6.07) is 9.27. The normalized spacial score (nSPS) is 10.2. The zero-order valence-electron chi connectivity index (χ0n) is 11.8. The first-order valence-electron chi connectivity index (χ1n) is 6.44. The summed E-state index contributed by atoms with van der Waals surface area (Å²) in [5, 5.41) is 0. The fraction of sp³-hybridized carbons (Fsp3) is 0.250. The van der Waals surface area contributed by atoms with Gasteiger partial charge in [0.1, 0.15) is 5.75 Å². The fourth-order valence-corrected chi connectivity index (χ4v) is 1.94. The minimum atomic E-state index is -0.0169. The van der Waals surface area contributed by atoms with E-state index >= 15 is 0 Å². The number of methoxy groups -OCH3 is 1. The number of hydrogen-bond donors (Lipinski definition) is 0. The maximum absolute atomic E-state index is 11.7. The first kappa shape index (κ1) is 14.1. The van der Waals surface area contributed by atoms with Gasteiger partial charge in [-0.25, -0.2) is 4.98 Å². The van der Waals surface area contributed by atoms with Gasteiger partial charge in [0.15, 0.2) is 5.78 Å². The SMILES string of the molecule is CCOc1ccc(-c2ccc(OC)nc2)cc1C(C)=O.